The zero-order chi connectivity index (χ0) is 19.7. The average Bonchev–Trinajstić information content (AvgIpc) is 3.04. The molecular weight excluding hydrogens is 371 g/mol. The number of aryl methyl sites for hydroxylation is 2. The van der Waals surface area contributed by atoms with Gasteiger partial charge in [0.1, 0.15) is 22.5 Å². The Bertz CT molecular complexity index is 1120. The standard InChI is InChI=1S/C22H21FN4S/c1-4-5-18-20-21(27(2)26-18)19(14-8-12-17(28-3)13-9-14)24-22(25-20)15-6-10-16(23)11-7-15/h6-13H,4-5H2,1-3H3. The fraction of sp³-hybridized carbons (Fsp3) is 0.227. The summed E-state index contributed by atoms with van der Waals surface area (Å²) < 4.78 is 15.3. The molecule has 0 saturated carbocycles. The van der Waals surface area contributed by atoms with Crippen molar-refractivity contribution >= 4 is 22.8 Å². The van der Waals surface area contributed by atoms with E-state index in [2.05, 4.69) is 37.4 Å². The first-order chi connectivity index (χ1) is 13.6. The molecule has 0 aliphatic heterocycles. The topological polar surface area (TPSA) is 43.6 Å². The first-order valence-electron chi connectivity index (χ1n) is 9.24. The highest BCUT2D eigenvalue weighted by molar-refractivity contribution is 7.98. The van der Waals surface area contributed by atoms with Crippen molar-refractivity contribution in [2.45, 2.75) is 24.7 Å². The van der Waals surface area contributed by atoms with Crippen molar-refractivity contribution in [2.24, 2.45) is 7.05 Å². The lowest BCUT2D eigenvalue weighted by Gasteiger charge is -2.09. The Morgan fingerprint density at radius 1 is 0.964 bits per heavy atom. The van der Waals surface area contributed by atoms with Crippen LogP contribution in [0.4, 0.5) is 4.39 Å². The number of thioether (sulfide) groups is 1. The fourth-order valence-electron chi connectivity index (χ4n) is 3.32. The summed E-state index contributed by atoms with van der Waals surface area (Å²) in [5.41, 5.74) is 5.40. The van der Waals surface area contributed by atoms with Gasteiger partial charge in [0.25, 0.3) is 0 Å². The van der Waals surface area contributed by atoms with Crippen LogP contribution in [-0.4, -0.2) is 26.0 Å². The smallest absolute Gasteiger partial charge is 0.160 e. The van der Waals surface area contributed by atoms with Crippen LogP contribution in [0.3, 0.4) is 0 Å². The number of benzene rings is 2. The molecule has 0 N–H and O–H groups in total. The SMILES string of the molecule is CCCc1nn(C)c2c(-c3ccc(SC)cc3)nc(-c3ccc(F)cc3)nc12. The summed E-state index contributed by atoms with van der Waals surface area (Å²) in [5.74, 6) is 0.313. The van der Waals surface area contributed by atoms with Gasteiger partial charge in [-0.3, -0.25) is 4.68 Å². The molecule has 4 aromatic rings. The molecule has 0 atom stereocenters. The van der Waals surface area contributed by atoms with Gasteiger partial charge in [-0.1, -0.05) is 25.5 Å². The van der Waals surface area contributed by atoms with Gasteiger partial charge in [0.2, 0.25) is 0 Å². The summed E-state index contributed by atoms with van der Waals surface area (Å²) in [6.45, 7) is 2.13. The second kappa shape index (κ2) is 7.72. The highest BCUT2D eigenvalue weighted by Gasteiger charge is 2.18. The largest absolute Gasteiger partial charge is 0.264 e. The van der Waals surface area contributed by atoms with E-state index in [0.717, 1.165) is 46.4 Å². The van der Waals surface area contributed by atoms with Crippen molar-refractivity contribution in [2.75, 3.05) is 6.26 Å². The highest BCUT2D eigenvalue weighted by Crippen LogP contribution is 2.31. The molecular formula is C22H21FN4S. The van der Waals surface area contributed by atoms with E-state index in [0.29, 0.717) is 5.82 Å². The Morgan fingerprint density at radius 3 is 2.29 bits per heavy atom. The maximum atomic E-state index is 13.4. The Labute approximate surface area is 167 Å². The van der Waals surface area contributed by atoms with E-state index in [9.17, 15) is 4.39 Å². The predicted molar refractivity (Wildman–Crippen MR) is 113 cm³/mol. The van der Waals surface area contributed by atoms with Gasteiger partial charge in [-0.25, -0.2) is 14.4 Å². The monoisotopic (exact) mass is 392 g/mol. The summed E-state index contributed by atoms with van der Waals surface area (Å²) in [7, 11) is 1.93. The molecule has 0 amide bonds. The number of halogens is 1. The lowest BCUT2D eigenvalue weighted by atomic mass is 10.1. The van der Waals surface area contributed by atoms with Crippen molar-refractivity contribution in [3.05, 3.63) is 60.0 Å². The van der Waals surface area contributed by atoms with Crippen LogP contribution in [0.2, 0.25) is 0 Å². The summed E-state index contributed by atoms with van der Waals surface area (Å²) in [4.78, 5) is 10.9. The Balaban J connectivity index is 1.98. The lowest BCUT2D eigenvalue weighted by molar-refractivity contribution is 0.628. The molecule has 4 rings (SSSR count). The van der Waals surface area contributed by atoms with E-state index >= 15 is 0 Å². The molecule has 0 spiro atoms. The Kier molecular flexibility index (Phi) is 5.13. The maximum Gasteiger partial charge on any atom is 0.160 e. The Hall–Kier alpha value is -2.73. The number of hydrogen-bond donors (Lipinski definition) is 0. The zero-order valence-corrected chi connectivity index (χ0v) is 16.9. The van der Waals surface area contributed by atoms with Crippen LogP contribution in [0.15, 0.2) is 53.4 Å². The van der Waals surface area contributed by atoms with Gasteiger partial charge in [-0.2, -0.15) is 5.10 Å². The van der Waals surface area contributed by atoms with Gasteiger partial charge in [-0.15, -0.1) is 11.8 Å². The molecule has 2 aromatic carbocycles. The first-order valence-corrected chi connectivity index (χ1v) is 10.5. The summed E-state index contributed by atoms with van der Waals surface area (Å²) in [5, 5.41) is 4.70. The number of hydrogen-bond acceptors (Lipinski definition) is 4. The highest BCUT2D eigenvalue weighted by atomic mass is 32.2. The molecule has 0 aliphatic rings. The number of fused-ring (bicyclic) bond motifs is 1. The van der Waals surface area contributed by atoms with Crippen LogP contribution >= 0.6 is 11.8 Å². The molecule has 6 heteroatoms. The quantitative estimate of drug-likeness (QED) is 0.420. The summed E-state index contributed by atoms with van der Waals surface area (Å²) in [6, 6.07) is 14.6. The second-order valence-electron chi connectivity index (χ2n) is 6.65. The minimum absolute atomic E-state index is 0.272. The molecule has 0 bridgehead atoms. The van der Waals surface area contributed by atoms with Crippen LogP contribution in [-0.2, 0) is 13.5 Å². The van der Waals surface area contributed by atoms with Crippen LogP contribution in [0.5, 0.6) is 0 Å². The summed E-state index contributed by atoms with van der Waals surface area (Å²) >= 11 is 1.71. The van der Waals surface area contributed by atoms with Crippen molar-refractivity contribution in [1.82, 2.24) is 19.7 Å². The van der Waals surface area contributed by atoms with Crippen LogP contribution < -0.4 is 0 Å². The molecule has 2 aromatic heterocycles. The molecule has 0 unspecified atom stereocenters. The predicted octanol–water partition coefficient (Wildman–Crippen LogP) is 5.51. The third kappa shape index (κ3) is 3.40. The number of rotatable bonds is 5. The third-order valence-corrected chi connectivity index (χ3v) is 5.45. The minimum Gasteiger partial charge on any atom is -0.264 e. The summed E-state index contributed by atoms with van der Waals surface area (Å²) in [6.07, 6.45) is 3.89. The minimum atomic E-state index is -0.272. The van der Waals surface area contributed by atoms with Gasteiger partial charge in [0.15, 0.2) is 5.82 Å². The number of aromatic nitrogens is 4. The van der Waals surface area contributed by atoms with Crippen molar-refractivity contribution in [3.63, 3.8) is 0 Å². The van der Waals surface area contributed by atoms with E-state index in [1.165, 1.54) is 17.0 Å². The maximum absolute atomic E-state index is 13.4. The molecule has 2 heterocycles. The van der Waals surface area contributed by atoms with E-state index in [-0.39, 0.29) is 5.82 Å². The van der Waals surface area contributed by atoms with Gasteiger partial charge < -0.3 is 0 Å². The second-order valence-corrected chi connectivity index (χ2v) is 7.53. The third-order valence-electron chi connectivity index (χ3n) is 4.70. The fourth-order valence-corrected chi connectivity index (χ4v) is 3.73. The van der Waals surface area contributed by atoms with Crippen LogP contribution in [0.25, 0.3) is 33.7 Å². The lowest BCUT2D eigenvalue weighted by Crippen LogP contribution is -1.98. The first kappa shape index (κ1) is 18.6. The van der Waals surface area contributed by atoms with E-state index in [1.54, 1.807) is 23.9 Å². The van der Waals surface area contributed by atoms with Crippen molar-refractivity contribution in [1.29, 1.82) is 0 Å². The Morgan fingerprint density at radius 2 is 1.64 bits per heavy atom. The average molecular weight is 393 g/mol. The van der Waals surface area contributed by atoms with Crippen molar-refractivity contribution in [3.8, 4) is 22.6 Å². The van der Waals surface area contributed by atoms with E-state index in [4.69, 9.17) is 15.1 Å². The number of nitrogens with zero attached hydrogens (tertiary/aromatic N) is 4. The zero-order valence-electron chi connectivity index (χ0n) is 16.1. The van der Waals surface area contributed by atoms with Gasteiger partial charge >= 0.3 is 0 Å². The van der Waals surface area contributed by atoms with Gasteiger partial charge in [-0.05, 0) is 49.1 Å². The van der Waals surface area contributed by atoms with E-state index in [1.807, 2.05) is 11.7 Å². The van der Waals surface area contributed by atoms with Gasteiger partial charge in [0.05, 0.1) is 5.69 Å². The van der Waals surface area contributed by atoms with Crippen LogP contribution in [0, 0.1) is 5.82 Å². The molecule has 0 aliphatic carbocycles. The molecule has 0 saturated heterocycles. The van der Waals surface area contributed by atoms with E-state index < -0.39 is 0 Å². The molecule has 4 nitrogen and oxygen atoms in total. The van der Waals surface area contributed by atoms with Gasteiger partial charge in [0, 0.05) is 23.1 Å². The van der Waals surface area contributed by atoms with Crippen molar-refractivity contribution < 1.29 is 4.39 Å². The molecule has 0 radical (unpaired) electrons. The normalized spacial score (nSPS) is 11.3. The molecule has 142 valence electrons. The molecule has 28 heavy (non-hydrogen) atoms. The van der Waals surface area contributed by atoms with Crippen LogP contribution in [0.1, 0.15) is 19.0 Å². The molecule has 0 fully saturated rings.